The maximum Gasteiger partial charge on any atom is 0.455 e. The zero-order chi connectivity index (χ0) is 14.0. The molecule has 0 aliphatic carbocycles. The Kier molecular flexibility index (Phi) is 4.72. The lowest BCUT2D eigenvalue weighted by Crippen LogP contribution is -2.47. The first kappa shape index (κ1) is 15.4. The third kappa shape index (κ3) is 3.20. The number of hydrogen-bond donors (Lipinski definition) is 1. The van der Waals surface area contributed by atoms with Gasteiger partial charge in [-0.15, -0.1) is 11.3 Å². The van der Waals surface area contributed by atoms with Crippen LogP contribution in [0.1, 0.15) is 29.1 Å². The molecule has 1 rings (SSSR count). The highest BCUT2D eigenvalue weighted by Gasteiger charge is 2.62. The smallest absolute Gasteiger partial charge is 0.304 e. The Morgan fingerprint density at radius 3 is 2.22 bits per heavy atom. The Morgan fingerprint density at radius 2 is 1.83 bits per heavy atom. The molecular weight excluding hydrogens is 273 g/mol. The molecule has 0 spiro atoms. The number of hydrogen-bond acceptors (Lipinski definition) is 2. The summed E-state index contributed by atoms with van der Waals surface area (Å²) in [5, 5.41) is 2.29. The van der Waals surface area contributed by atoms with Crippen LogP contribution in [-0.4, -0.2) is 18.6 Å². The van der Waals surface area contributed by atoms with Gasteiger partial charge in [0.15, 0.2) is 0 Å². The van der Waals surface area contributed by atoms with Crippen LogP contribution in [0, 0.1) is 6.92 Å². The fourth-order valence-electron chi connectivity index (χ4n) is 1.47. The molecule has 18 heavy (non-hydrogen) atoms. The Morgan fingerprint density at radius 1 is 1.22 bits per heavy atom. The average Bonchev–Trinajstić information content (AvgIpc) is 2.63. The lowest BCUT2D eigenvalue weighted by molar-refractivity contribution is -0.294. The Bertz CT molecular complexity index is 385. The summed E-state index contributed by atoms with van der Waals surface area (Å²) in [6, 6.07) is 0.830. The van der Waals surface area contributed by atoms with E-state index in [4.69, 9.17) is 0 Å². The summed E-state index contributed by atoms with van der Waals surface area (Å²) >= 11 is 0.947. The second-order valence-corrected chi connectivity index (χ2v) is 5.28. The molecule has 1 aromatic rings. The second-order valence-electron chi connectivity index (χ2n) is 3.96. The summed E-state index contributed by atoms with van der Waals surface area (Å²) in [6.07, 6.45) is -5.08. The van der Waals surface area contributed by atoms with Gasteiger partial charge in [0.1, 0.15) is 6.04 Å². The summed E-state index contributed by atoms with van der Waals surface area (Å²) in [7, 11) is 0. The first-order valence-corrected chi connectivity index (χ1v) is 6.26. The summed E-state index contributed by atoms with van der Waals surface area (Å²) in [5.41, 5.74) is 0. The number of nitrogens with one attached hydrogen (secondary N) is 1. The van der Waals surface area contributed by atoms with E-state index < -0.39 is 18.1 Å². The van der Waals surface area contributed by atoms with Crippen molar-refractivity contribution in [3.63, 3.8) is 0 Å². The maximum atomic E-state index is 13.4. The molecule has 0 aromatic carbocycles. The molecule has 0 aliphatic rings. The Balaban J connectivity index is 3.05. The van der Waals surface area contributed by atoms with Gasteiger partial charge in [-0.05, 0) is 32.0 Å². The SMILES string of the molecule is CCCNC(c1ccc(C)s1)C(F)(F)C(F)(F)F. The normalized spacial score (nSPS) is 14.8. The maximum absolute atomic E-state index is 13.4. The van der Waals surface area contributed by atoms with Crippen LogP contribution in [0.3, 0.4) is 0 Å². The van der Waals surface area contributed by atoms with Crippen molar-refractivity contribution >= 4 is 11.3 Å². The average molecular weight is 287 g/mol. The van der Waals surface area contributed by atoms with Crippen LogP contribution >= 0.6 is 11.3 Å². The molecule has 0 bridgehead atoms. The molecule has 0 fully saturated rings. The first-order valence-electron chi connectivity index (χ1n) is 5.44. The topological polar surface area (TPSA) is 12.0 Å². The van der Waals surface area contributed by atoms with E-state index in [-0.39, 0.29) is 11.4 Å². The molecular formula is C11H14F5NS. The van der Waals surface area contributed by atoms with Gasteiger partial charge in [-0.2, -0.15) is 22.0 Å². The lowest BCUT2D eigenvalue weighted by Gasteiger charge is -2.28. The predicted octanol–water partition coefficient (Wildman–Crippen LogP) is 4.29. The van der Waals surface area contributed by atoms with Gasteiger partial charge in [0.05, 0.1) is 0 Å². The molecule has 1 N–H and O–H groups in total. The number of halogens is 5. The highest BCUT2D eigenvalue weighted by Crippen LogP contribution is 2.45. The van der Waals surface area contributed by atoms with Crippen molar-refractivity contribution in [1.29, 1.82) is 0 Å². The number of thiophene rings is 1. The largest absolute Gasteiger partial charge is 0.455 e. The van der Waals surface area contributed by atoms with Gasteiger partial charge < -0.3 is 5.32 Å². The van der Waals surface area contributed by atoms with Crippen molar-refractivity contribution in [2.75, 3.05) is 6.54 Å². The van der Waals surface area contributed by atoms with Gasteiger partial charge in [-0.3, -0.25) is 0 Å². The van der Waals surface area contributed by atoms with E-state index in [0.29, 0.717) is 11.3 Å². The predicted molar refractivity (Wildman–Crippen MR) is 61.1 cm³/mol. The third-order valence-electron chi connectivity index (χ3n) is 2.38. The summed E-state index contributed by atoms with van der Waals surface area (Å²) in [5.74, 6) is -4.78. The minimum atomic E-state index is -5.56. The van der Waals surface area contributed by atoms with E-state index in [1.54, 1.807) is 13.8 Å². The minimum absolute atomic E-state index is 0.00303. The van der Waals surface area contributed by atoms with Crippen LogP contribution in [-0.2, 0) is 0 Å². The molecule has 0 radical (unpaired) electrons. The zero-order valence-corrected chi connectivity index (χ0v) is 10.8. The Hall–Kier alpha value is -0.690. The van der Waals surface area contributed by atoms with Crippen LogP contribution < -0.4 is 5.32 Å². The van der Waals surface area contributed by atoms with Gasteiger partial charge >= 0.3 is 12.1 Å². The van der Waals surface area contributed by atoms with Gasteiger partial charge in [0, 0.05) is 9.75 Å². The molecule has 104 valence electrons. The summed E-state index contributed by atoms with van der Waals surface area (Å²) < 4.78 is 64.1. The molecule has 7 heteroatoms. The number of aryl methyl sites for hydroxylation is 1. The van der Waals surface area contributed by atoms with Crippen LogP contribution in [0.4, 0.5) is 22.0 Å². The van der Waals surface area contributed by atoms with Crippen LogP contribution in [0.25, 0.3) is 0 Å². The van der Waals surface area contributed by atoms with E-state index in [0.717, 1.165) is 11.3 Å². The zero-order valence-electron chi connectivity index (χ0n) is 9.94. The second kappa shape index (κ2) is 5.52. The molecule has 1 heterocycles. The molecule has 0 saturated carbocycles. The first-order chi connectivity index (χ1) is 8.20. The fourth-order valence-corrected chi connectivity index (χ4v) is 2.46. The minimum Gasteiger partial charge on any atom is -0.304 e. The lowest BCUT2D eigenvalue weighted by atomic mass is 10.1. The van der Waals surface area contributed by atoms with Crippen LogP contribution in [0.15, 0.2) is 12.1 Å². The van der Waals surface area contributed by atoms with E-state index in [2.05, 4.69) is 5.32 Å². The molecule has 1 unspecified atom stereocenters. The fraction of sp³-hybridized carbons (Fsp3) is 0.636. The van der Waals surface area contributed by atoms with Crippen molar-refractivity contribution in [2.24, 2.45) is 0 Å². The van der Waals surface area contributed by atoms with Gasteiger partial charge in [-0.1, -0.05) is 6.92 Å². The molecule has 0 saturated heterocycles. The summed E-state index contributed by atoms with van der Waals surface area (Å²) in [6.45, 7) is 3.47. The van der Waals surface area contributed by atoms with E-state index in [1.807, 2.05) is 0 Å². The third-order valence-corrected chi connectivity index (χ3v) is 3.45. The molecule has 0 amide bonds. The van der Waals surface area contributed by atoms with E-state index >= 15 is 0 Å². The van der Waals surface area contributed by atoms with Crippen LogP contribution in [0.2, 0.25) is 0 Å². The number of alkyl halides is 5. The van der Waals surface area contributed by atoms with E-state index in [1.165, 1.54) is 12.1 Å². The van der Waals surface area contributed by atoms with Crippen molar-refractivity contribution in [3.05, 3.63) is 21.9 Å². The van der Waals surface area contributed by atoms with E-state index in [9.17, 15) is 22.0 Å². The number of rotatable bonds is 5. The van der Waals surface area contributed by atoms with Crippen molar-refractivity contribution in [2.45, 2.75) is 38.4 Å². The molecule has 1 nitrogen and oxygen atoms in total. The van der Waals surface area contributed by atoms with Gasteiger partial charge in [0.2, 0.25) is 0 Å². The highest BCUT2D eigenvalue weighted by molar-refractivity contribution is 7.12. The van der Waals surface area contributed by atoms with Crippen LogP contribution in [0.5, 0.6) is 0 Å². The van der Waals surface area contributed by atoms with Gasteiger partial charge in [0.25, 0.3) is 0 Å². The Labute approximate surface area is 106 Å². The molecule has 1 aromatic heterocycles. The monoisotopic (exact) mass is 287 g/mol. The van der Waals surface area contributed by atoms with Crippen molar-refractivity contribution < 1.29 is 22.0 Å². The molecule has 1 atom stereocenters. The summed E-state index contributed by atoms with van der Waals surface area (Å²) in [4.78, 5) is 0.703. The van der Waals surface area contributed by atoms with Gasteiger partial charge in [-0.25, -0.2) is 0 Å². The standard InChI is InChI=1S/C11H14F5NS/c1-3-6-17-9(8-5-4-7(2)18-8)10(12,13)11(14,15)16/h4-5,9,17H,3,6H2,1-2H3. The van der Waals surface area contributed by atoms with Crippen molar-refractivity contribution in [1.82, 2.24) is 5.32 Å². The molecule has 0 aliphatic heterocycles. The quantitative estimate of drug-likeness (QED) is 0.796. The highest BCUT2D eigenvalue weighted by atomic mass is 32.1. The van der Waals surface area contributed by atoms with Crippen molar-refractivity contribution in [3.8, 4) is 0 Å².